The molecule has 0 aromatic carbocycles. The van der Waals surface area contributed by atoms with Gasteiger partial charge in [0.2, 0.25) is 0 Å². The molecule has 0 aliphatic carbocycles. The second kappa shape index (κ2) is 8.47. The summed E-state index contributed by atoms with van der Waals surface area (Å²) in [7, 11) is 1.78. The summed E-state index contributed by atoms with van der Waals surface area (Å²) in [6, 6.07) is 0. The summed E-state index contributed by atoms with van der Waals surface area (Å²) in [5, 5.41) is 3.41. The molecule has 2 saturated heterocycles. The maximum Gasteiger partial charge on any atom is 0.194 e. The number of guanidine groups is 1. The van der Waals surface area contributed by atoms with Crippen molar-refractivity contribution in [3.8, 4) is 0 Å². The highest BCUT2D eigenvalue weighted by Gasteiger charge is 2.25. The highest BCUT2D eigenvalue weighted by atomic mass is 16.5. The molecule has 0 amide bonds. The number of nitrogens with zero attached hydrogens (tertiary/aromatic N) is 2. The van der Waals surface area contributed by atoms with Crippen LogP contribution in [0.25, 0.3) is 0 Å². The standard InChI is InChI=1S/C15H29N3O2/c1-3-16-15(17-10-14-6-4-5-9-20-14)18-8-7-13(11-18)12-19-2/h13-14H,3-12H2,1-2H3,(H,16,17). The molecule has 0 aromatic rings. The van der Waals surface area contributed by atoms with Crippen LogP contribution < -0.4 is 5.32 Å². The lowest BCUT2D eigenvalue weighted by atomic mass is 10.1. The third-order valence-electron chi connectivity index (χ3n) is 4.04. The summed E-state index contributed by atoms with van der Waals surface area (Å²) >= 11 is 0. The lowest BCUT2D eigenvalue weighted by Gasteiger charge is -2.24. The Morgan fingerprint density at radius 1 is 1.40 bits per heavy atom. The van der Waals surface area contributed by atoms with Crippen molar-refractivity contribution in [1.29, 1.82) is 0 Å². The van der Waals surface area contributed by atoms with E-state index in [1.807, 2.05) is 0 Å². The number of aliphatic imine (C=N–C) groups is 1. The number of nitrogens with one attached hydrogen (secondary N) is 1. The van der Waals surface area contributed by atoms with Crippen LogP contribution in [0.2, 0.25) is 0 Å². The first-order chi connectivity index (χ1) is 9.83. The molecule has 116 valence electrons. The zero-order valence-electron chi connectivity index (χ0n) is 12.9. The van der Waals surface area contributed by atoms with Crippen LogP contribution in [0.15, 0.2) is 4.99 Å². The SMILES string of the molecule is CCNC(=NCC1CCCCO1)N1CCC(COC)C1. The van der Waals surface area contributed by atoms with Gasteiger partial charge in [0.25, 0.3) is 0 Å². The maximum absolute atomic E-state index is 5.76. The van der Waals surface area contributed by atoms with Gasteiger partial charge in [0.15, 0.2) is 5.96 Å². The van der Waals surface area contributed by atoms with E-state index < -0.39 is 0 Å². The van der Waals surface area contributed by atoms with Crippen LogP contribution in [-0.4, -0.2) is 63.5 Å². The van der Waals surface area contributed by atoms with E-state index in [2.05, 4.69) is 17.1 Å². The van der Waals surface area contributed by atoms with Gasteiger partial charge in [-0.3, -0.25) is 4.99 Å². The average Bonchev–Trinajstić information content (AvgIpc) is 2.93. The molecule has 2 aliphatic heterocycles. The van der Waals surface area contributed by atoms with Gasteiger partial charge in [-0.25, -0.2) is 0 Å². The predicted octanol–water partition coefficient (Wildman–Crippen LogP) is 1.49. The van der Waals surface area contributed by atoms with Crippen molar-refractivity contribution in [2.24, 2.45) is 10.9 Å². The van der Waals surface area contributed by atoms with Crippen molar-refractivity contribution in [3.05, 3.63) is 0 Å². The maximum atomic E-state index is 5.76. The Kier molecular flexibility index (Phi) is 6.60. The van der Waals surface area contributed by atoms with Gasteiger partial charge in [-0.05, 0) is 32.6 Å². The first-order valence-electron chi connectivity index (χ1n) is 7.97. The number of ether oxygens (including phenoxy) is 2. The molecule has 2 rings (SSSR count). The molecular formula is C15H29N3O2. The molecule has 0 saturated carbocycles. The normalized spacial score (nSPS) is 27.9. The Bertz CT molecular complexity index is 303. The molecule has 0 bridgehead atoms. The number of methoxy groups -OCH3 is 1. The van der Waals surface area contributed by atoms with Gasteiger partial charge in [0.1, 0.15) is 0 Å². The lowest BCUT2D eigenvalue weighted by molar-refractivity contribution is 0.0223. The zero-order chi connectivity index (χ0) is 14.2. The average molecular weight is 283 g/mol. The molecule has 20 heavy (non-hydrogen) atoms. The highest BCUT2D eigenvalue weighted by Crippen LogP contribution is 2.17. The van der Waals surface area contributed by atoms with Crippen molar-refractivity contribution in [1.82, 2.24) is 10.2 Å². The molecular weight excluding hydrogens is 254 g/mol. The second-order valence-electron chi connectivity index (χ2n) is 5.74. The molecule has 1 N–H and O–H groups in total. The van der Waals surface area contributed by atoms with E-state index in [0.29, 0.717) is 12.0 Å². The van der Waals surface area contributed by atoms with Gasteiger partial charge >= 0.3 is 0 Å². The van der Waals surface area contributed by atoms with Gasteiger partial charge in [-0.2, -0.15) is 0 Å². The molecule has 5 nitrogen and oxygen atoms in total. The molecule has 5 heteroatoms. The van der Waals surface area contributed by atoms with Gasteiger partial charge in [0, 0.05) is 39.3 Å². The molecule has 2 fully saturated rings. The Morgan fingerprint density at radius 2 is 2.30 bits per heavy atom. The van der Waals surface area contributed by atoms with E-state index in [-0.39, 0.29) is 0 Å². The minimum absolute atomic E-state index is 0.315. The van der Waals surface area contributed by atoms with Crippen LogP contribution in [0.1, 0.15) is 32.6 Å². The Morgan fingerprint density at radius 3 is 3.00 bits per heavy atom. The number of hydrogen-bond donors (Lipinski definition) is 1. The van der Waals surface area contributed by atoms with Crippen LogP contribution in [-0.2, 0) is 9.47 Å². The molecule has 0 radical (unpaired) electrons. The molecule has 2 unspecified atom stereocenters. The summed E-state index contributed by atoms with van der Waals surface area (Å²) < 4.78 is 11.0. The van der Waals surface area contributed by atoms with Gasteiger partial charge in [0.05, 0.1) is 19.3 Å². The number of rotatable bonds is 5. The second-order valence-corrected chi connectivity index (χ2v) is 5.74. The van der Waals surface area contributed by atoms with E-state index in [9.17, 15) is 0 Å². The van der Waals surface area contributed by atoms with E-state index in [0.717, 1.165) is 51.8 Å². The fraction of sp³-hybridized carbons (Fsp3) is 0.933. The highest BCUT2D eigenvalue weighted by molar-refractivity contribution is 5.80. The van der Waals surface area contributed by atoms with Crippen molar-refractivity contribution < 1.29 is 9.47 Å². The number of hydrogen-bond acceptors (Lipinski definition) is 3. The Labute approximate surface area is 122 Å². The summed E-state index contributed by atoms with van der Waals surface area (Å²) in [6.45, 7) is 7.69. The fourth-order valence-electron chi connectivity index (χ4n) is 2.96. The summed E-state index contributed by atoms with van der Waals surface area (Å²) in [6.07, 6.45) is 5.13. The largest absolute Gasteiger partial charge is 0.384 e. The van der Waals surface area contributed by atoms with Crippen LogP contribution >= 0.6 is 0 Å². The summed E-state index contributed by atoms with van der Waals surface area (Å²) in [4.78, 5) is 7.14. The molecule has 2 atom stereocenters. The van der Waals surface area contributed by atoms with Gasteiger partial charge in [-0.1, -0.05) is 0 Å². The lowest BCUT2D eigenvalue weighted by Crippen LogP contribution is -2.41. The molecule has 0 spiro atoms. The third kappa shape index (κ3) is 4.63. The van der Waals surface area contributed by atoms with Crippen LogP contribution in [0.4, 0.5) is 0 Å². The summed E-state index contributed by atoms with van der Waals surface area (Å²) in [5.74, 6) is 1.68. The minimum atomic E-state index is 0.315. The topological polar surface area (TPSA) is 46.1 Å². The van der Waals surface area contributed by atoms with Crippen molar-refractivity contribution in [3.63, 3.8) is 0 Å². The predicted molar refractivity (Wildman–Crippen MR) is 81.1 cm³/mol. The van der Waals surface area contributed by atoms with E-state index in [1.54, 1.807) is 7.11 Å². The first kappa shape index (κ1) is 15.6. The fourth-order valence-corrected chi connectivity index (χ4v) is 2.96. The van der Waals surface area contributed by atoms with Crippen LogP contribution in [0.5, 0.6) is 0 Å². The van der Waals surface area contributed by atoms with Gasteiger partial charge in [-0.15, -0.1) is 0 Å². The van der Waals surface area contributed by atoms with Crippen molar-refractivity contribution >= 4 is 5.96 Å². The number of likely N-dealkylation sites (tertiary alicyclic amines) is 1. The van der Waals surface area contributed by atoms with Crippen LogP contribution in [0.3, 0.4) is 0 Å². The quantitative estimate of drug-likeness (QED) is 0.613. The van der Waals surface area contributed by atoms with E-state index in [4.69, 9.17) is 14.5 Å². The third-order valence-corrected chi connectivity index (χ3v) is 4.04. The van der Waals surface area contributed by atoms with Gasteiger partial charge < -0.3 is 19.7 Å². The molecule has 2 aliphatic rings. The van der Waals surface area contributed by atoms with Crippen molar-refractivity contribution in [2.75, 3.05) is 46.5 Å². The van der Waals surface area contributed by atoms with E-state index >= 15 is 0 Å². The molecule has 0 aromatic heterocycles. The summed E-state index contributed by atoms with van der Waals surface area (Å²) in [5.41, 5.74) is 0. The minimum Gasteiger partial charge on any atom is -0.384 e. The Hall–Kier alpha value is -0.810. The monoisotopic (exact) mass is 283 g/mol. The first-order valence-corrected chi connectivity index (χ1v) is 7.97. The Balaban J connectivity index is 1.85. The van der Waals surface area contributed by atoms with Crippen LogP contribution in [0, 0.1) is 5.92 Å². The molecule has 2 heterocycles. The zero-order valence-corrected chi connectivity index (χ0v) is 12.9. The van der Waals surface area contributed by atoms with Crippen molar-refractivity contribution in [2.45, 2.75) is 38.7 Å². The smallest absolute Gasteiger partial charge is 0.194 e. The van der Waals surface area contributed by atoms with E-state index in [1.165, 1.54) is 19.3 Å².